The van der Waals surface area contributed by atoms with Crippen LogP contribution in [0.4, 0.5) is 5.69 Å². The molecule has 16 heavy (non-hydrogen) atoms. The van der Waals surface area contributed by atoms with Crippen LogP contribution in [-0.2, 0) is 0 Å². The lowest BCUT2D eigenvalue weighted by Crippen LogP contribution is -2.25. The molecule has 1 saturated carbocycles. The number of carbonyl (C=O) groups excluding carboxylic acids is 1. The van der Waals surface area contributed by atoms with Crippen LogP contribution in [-0.4, -0.2) is 17.0 Å². The number of carbonyl (C=O) groups is 1. The number of hydrogen-bond acceptors (Lipinski definition) is 2. The SMILES string of the molecule is CC#CCNC(=O)c1cc(N)cn1C1CC1. The first kappa shape index (κ1) is 10.6. The van der Waals surface area contributed by atoms with E-state index in [1.807, 2.05) is 10.8 Å². The molecule has 1 amide bonds. The van der Waals surface area contributed by atoms with Gasteiger partial charge in [0.25, 0.3) is 5.91 Å². The van der Waals surface area contributed by atoms with Gasteiger partial charge < -0.3 is 15.6 Å². The first-order chi connectivity index (χ1) is 7.72. The maximum atomic E-state index is 11.8. The highest BCUT2D eigenvalue weighted by molar-refractivity contribution is 5.94. The van der Waals surface area contributed by atoms with Crippen molar-refractivity contribution in [3.8, 4) is 11.8 Å². The van der Waals surface area contributed by atoms with E-state index in [4.69, 9.17) is 5.73 Å². The van der Waals surface area contributed by atoms with Crippen LogP contribution in [0.25, 0.3) is 0 Å². The number of nitrogens with two attached hydrogens (primary N) is 1. The lowest BCUT2D eigenvalue weighted by molar-refractivity contribution is 0.0949. The summed E-state index contributed by atoms with van der Waals surface area (Å²) in [6, 6.07) is 2.17. The molecule has 2 rings (SSSR count). The molecule has 0 unspecified atom stereocenters. The van der Waals surface area contributed by atoms with Gasteiger partial charge in [-0.1, -0.05) is 5.92 Å². The lowest BCUT2D eigenvalue weighted by Gasteiger charge is -2.06. The van der Waals surface area contributed by atoms with E-state index >= 15 is 0 Å². The van der Waals surface area contributed by atoms with Gasteiger partial charge in [-0.15, -0.1) is 5.92 Å². The van der Waals surface area contributed by atoms with Crippen molar-refractivity contribution in [1.82, 2.24) is 9.88 Å². The topological polar surface area (TPSA) is 60.1 Å². The quantitative estimate of drug-likeness (QED) is 0.746. The van der Waals surface area contributed by atoms with Crippen molar-refractivity contribution in [1.29, 1.82) is 0 Å². The maximum Gasteiger partial charge on any atom is 0.268 e. The molecule has 3 N–H and O–H groups in total. The minimum Gasteiger partial charge on any atom is -0.397 e. The van der Waals surface area contributed by atoms with Crippen LogP contribution in [0.3, 0.4) is 0 Å². The molecule has 0 aromatic carbocycles. The largest absolute Gasteiger partial charge is 0.397 e. The molecule has 0 saturated heterocycles. The molecule has 0 spiro atoms. The monoisotopic (exact) mass is 217 g/mol. The van der Waals surface area contributed by atoms with Crippen molar-refractivity contribution in [2.24, 2.45) is 0 Å². The van der Waals surface area contributed by atoms with Crippen LogP contribution in [0.2, 0.25) is 0 Å². The molecule has 4 heteroatoms. The Labute approximate surface area is 94.8 Å². The van der Waals surface area contributed by atoms with Crippen LogP contribution in [0.5, 0.6) is 0 Å². The van der Waals surface area contributed by atoms with Gasteiger partial charge >= 0.3 is 0 Å². The Bertz CT molecular complexity index is 460. The Kier molecular flexibility index (Phi) is 2.86. The second-order valence-corrected chi connectivity index (χ2v) is 3.91. The molecule has 1 aromatic rings. The van der Waals surface area contributed by atoms with Crippen LogP contribution >= 0.6 is 0 Å². The number of rotatable bonds is 3. The van der Waals surface area contributed by atoms with E-state index < -0.39 is 0 Å². The highest BCUT2D eigenvalue weighted by Crippen LogP contribution is 2.37. The van der Waals surface area contributed by atoms with E-state index in [1.165, 1.54) is 0 Å². The summed E-state index contributed by atoms with van der Waals surface area (Å²) in [5.41, 5.74) is 6.98. The highest BCUT2D eigenvalue weighted by Gasteiger charge is 2.27. The summed E-state index contributed by atoms with van der Waals surface area (Å²) in [5.74, 6) is 5.43. The molecule has 0 radical (unpaired) electrons. The molecule has 1 aliphatic rings. The number of nitrogens with zero attached hydrogens (tertiary/aromatic N) is 1. The van der Waals surface area contributed by atoms with E-state index in [0.29, 0.717) is 24.0 Å². The molecule has 0 aliphatic heterocycles. The zero-order valence-corrected chi connectivity index (χ0v) is 9.29. The fraction of sp³-hybridized carbons (Fsp3) is 0.417. The zero-order valence-electron chi connectivity index (χ0n) is 9.29. The number of amides is 1. The number of anilines is 1. The summed E-state index contributed by atoms with van der Waals surface area (Å²) in [4.78, 5) is 11.8. The Hall–Kier alpha value is -1.89. The van der Waals surface area contributed by atoms with Gasteiger partial charge in [0, 0.05) is 12.2 Å². The van der Waals surface area contributed by atoms with Crippen LogP contribution in [0.15, 0.2) is 12.3 Å². The molecule has 1 heterocycles. The predicted octanol–water partition coefficient (Wildman–Crippen LogP) is 1.16. The molecule has 0 atom stereocenters. The molecular formula is C12H15N3O. The van der Waals surface area contributed by atoms with E-state index in [0.717, 1.165) is 12.8 Å². The van der Waals surface area contributed by atoms with Gasteiger partial charge in [0.1, 0.15) is 5.69 Å². The van der Waals surface area contributed by atoms with Crippen molar-refractivity contribution in [2.45, 2.75) is 25.8 Å². The second kappa shape index (κ2) is 4.31. The van der Waals surface area contributed by atoms with Crippen molar-refractivity contribution >= 4 is 11.6 Å². The van der Waals surface area contributed by atoms with Crippen molar-refractivity contribution in [3.05, 3.63) is 18.0 Å². The first-order valence-electron chi connectivity index (χ1n) is 5.37. The lowest BCUT2D eigenvalue weighted by atomic mass is 10.3. The maximum absolute atomic E-state index is 11.8. The Morgan fingerprint density at radius 3 is 3.06 bits per heavy atom. The second-order valence-electron chi connectivity index (χ2n) is 3.91. The van der Waals surface area contributed by atoms with Crippen LogP contribution in [0.1, 0.15) is 36.3 Å². The van der Waals surface area contributed by atoms with Crippen LogP contribution in [0, 0.1) is 11.8 Å². The summed E-state index contributed by atoms with van der Waals surface area (Å²) >= 11 is 0. The number of nitrogens with one attached hydrogen (secondary N) is 1. The Morgan fingerprint density at radius 1 is 1.69 bits per heavy atom. The molecule has 1 aliphatic carbocycles. The number of aromatic nitrogens is 1. The third kappa shape index (κ3) is 2.19. The summed E-state index contributed by atoms with van der Waals surface area (Å²) in [5, 5.41) is 2.75. The van der Waals surface area contributed by atoms with Gasteiger partial charge in [0.05, 0.1) is 12.2 Å². The fourth-order valence-corrected chi connectivity index (χ4v) is 1.64. The van der Waals surface area contributed by atoms with Gasteiger partial charge in [0.2, 0.25) is 0 Å². The number of hydrogen-bond donors (Lipinski definition) is 2. The minimum atomic E-state index is -0.105. The Balaban J connectivity index is 2.11. The fourth-order valence-electron chi connectivity index (χ4n) is 1.64. The van der Waals surface area contributed by atoms with Crippen molar-refractivity contribution in [3.63, 3.8) is 0 Å². The molecular weight excluding hydrogens is 202 g/mol. The third-order valence-corrected chi connectivity index (χ3v) is 2.56. The average Bonchev–Trinajstić information content (AvgIpc) is 3.02. The van der Waals surface area contributed by atoms with Gasteiger partial charge in [-0.2, -0.15) is 0 Å². The normalized spacial score (nSPS) is 14.1. The standard InChI is InChI=1S/C12H15N3O/c1-2-3-6-14-12(16)11-7-9(13)8-15(11)10-4-5-10/h7-8,10H,4-6,13H2,1H3,(H,14,16). The van der Waals surface area contributed by atoms with Gasteiger partial charge in [-0.3, -0.25) is 4.79 Å². The van der Waals surface area contributed by atoms with E-state index in [1.54, 1.807) is 13.0 Å². The smallest absolute Gasteiger partial charge is 0.268 e. The van der Waals surface area contributed by atoms with Crippen molar-refractivity contribution in [2.75, 3.05) is 12.3 Å². The zero-order chi connectivity index (χ0) is 11.5. The van der Waals surface area contributed by atoms with Crippen molar-refractivity contribution < 1.29 is 4.79 Å². The first-order valence-corrected chi connectivity index (χ1v) is 5.37. The third-order valence-electron chi connectivity index (χ3n) is 2.56. The van der Waals surface area contributed by atoms with Gasteiger partial charge in [-0.05, 0) is 25.8 Å². The molecule has 0 bridgehead atoms. The summed E-state index contributed by atoms with van der Waals surface area (Å²) in [7, 11) is 0. The van der Waals surface area contributed by atoms with Crippen LogP contribution < -0.4 is 11.1 Å². The van der Waals surface area contributed by atoms with Gasteiger partial charge in [-0.25, -0.2) is 0 Å². The average molecular weight is 217 g/mol. The molecule has 1 aromatic heterocycles. The van der Waals surface area contributed by atoms with E-state index in [-0.39, 0.29) is 5.91 Å². The summed E-state index contributed by atoms with van der Waals surface area (Å²) in [6.07, 6.45) is 4.09. The molecule has 1 fully saturated rings. The molecule has 4 nitrogen and oxygen atoms in total. The Morgan fingerprint density at radius 2 is 2.44 bits per heavy atom. The van der Waals surface area contributed by atoms with E-state index in [2.05, 4.69) is 17.2 Å². The predicted molar refractivity (Wildman–Crippen MR) is 62.9 cm³/mol. The minimum absolute atomic E-state index is 0.105. The summed E-state index contributed by atoms with van der Waals surface area (Å²) < 4.78 is 1.96. The van der Waals surface area contributed by atoms with Gasteiger partial charge in [0.15, 0.2) is 0 Å². The van der Waals surface area contributed by atoms with E-state index in [9.17, 15) is 4.79 Å². The highest BCUT2D eigenvalue weighted by atomic mass is 16.1. The number of nitrogen functional groups attached to an aromatic ring is 1. The summed E-state index contributed by atoms with van der Waals surface area (Å²) in [6.45, 7) is 2.13. The molecule has 84 valence electrons.